The molecule has 1 amide bonds. The smallest absolute Gasteiger partial charge is 0.225 e. The van der Waals surface area contributed by atoms with Crippen LogP contribution in [0.15, 0.2) is 0 Å². The summed E-state index contributed by atoms with van der Waals surface area (Å²) in [4.78, 5) is 15.1. The summed E-state index contributed by atoms with van der Waals surface area (Å²) in [5.41, 5.74) is 5.77. The predicted octanol–water partition coefficient (Wildman–Crippen LogP) is 3.47. The first-order valence-electron chi connectivity index (χ1n) is 8.83. The Labute approximate surface area is 124 Å². The Morgan fingerprint density at radius 3 is 1.95 bits per heavy atom. The van der Waals surface area contributed by atoms with E-state index in [4.69, 9.17) is 5.73 Å². The van der Waals surface area contributed by atoms with Crippen LogP contribution in [-0.2, 0) is 4.79 Å². The molecule has 0 aromatic heterocycles. The summed E-state index contributed by atoms with van der Waals surface area (Å²) in [7, 11) is 0. The van der Waals surface area contributed by atoms with Gasteiger partial charge in [0.2, 0.25) is 5.91 Å². The van der Waals surface area contributed by atoms with Crippen molar-refractivity contribution < 1.29 is 4.79 Å². The van der Waals surface area contributed by atoms with E-state index in [-0.39, 0.29) is 5.92 Å². The lowest BCUT2D eigenvalue weighted by molar-refractivity contribution is -0.139. The van der Waals surface area contributed by atoms with E-state index in [2.05, 4.69) is 4.90 Å². The zero-order chi connectivity index (χ0) is 14.2. The topological polar surface area (TPSA) is 46.3 Å². The monoisotopic (exact) mass is 280 g/mol. The number of amides is 1. The third kappa shape index (κ3) is 4.47. The van der Waals surface area contributed by atoms with E-state index < -0.39 is 0 Å². The van der Waals surface area contributed by atoms with Gasteiger partial charge in [-0.15, -0.1) is 0 Å². The molecule has 2 rings (SSSR count). The highest BCUT2D eigenvalue weighted by Gasteiger charge is 2.29. The Morgan fingerprint density at radius 2 is 1.35 bits per heavy atom. The normalized spacial score (nSPS) is 23.1. The Kier molecular flexibility index (Phi) is 6.85. The lowest BCUT2D eigenvalue weighted by atomic mass is 9.88. The first-order chi connectivity index (χ1) is 9.83. The minimum absolute atomic E-state index is 0.281. The van der Waals surface area contributed by atoms with Gasteiger partial charge < -0.3 is 10.6 Å². The molecule has 0 unspecified atom stereocenters. The van der Waals surface area contributed by atoms with Crippen molar-refractivity contribution in [3.05, 3.63) is 0 Å². The first-order valence-corrected chi connectivity index (χ1v) is 8.83. The van der Waals surface area contributed by atoms with E-state index in [0.717, 1.165) is 19.4 Å². The van der Waals surface area contributed by atoms with E-state index in [9.17, 15) is 4.79 Å². The molecule has 0 heterocycles. The molecule has 0 saturated heterocycles. The van der Waals surface area contributed by atoms with Crippen molar-refractivity contribution in [2.45, 2.75) is 83.1 Å². The van der Waals surface area contributed by atoms with Crippen LogP contribution in [0.4, 0.5) is 0 Å². The van der Waals surface area contributed by atoms with Crippen LogP contribution >= 0.6 is 0 Å². The molecular weight excluding hydrogens is 248 g/mol. The minimum Gasteiger partial charge on any atom is -0.338 e. The van der Waals surface area contributed by atoms with Crippen LogP contribution in [0, 0.1) is 5.92 Å². The van der Waals surface area contributed by atoms with Gasteiger partial charge in [0, 0.05) is 25.0 Å². The molecule has 0 aromatic carbocycles. The van der Waals surface area contributed by atoms with Crippen molar-refractivity contribution in [3.8, 4) is 0 Å². The van der Waals surface area contributed by atoms with Gasteiger partial charge in [0.15, 0.2) is 0 Å². The number of hydrogen-bond acceptors (Lipinski definition) is 2. The van der Waals surface area contributed by atoms with E-state index in [1.165, 1.54) is 64.2 Å². The van der Waals surface area contributed by atoms with Crippen LogP contribution in [-0.4, -0.2) is 29.9 Å². The fraction of sp³-hybridized carbons (Fsp3) is 0.941. The van der Waals surface area contributed by atoms with E-state index >= 15 is 0 Å². The third-order valence-electron chi connectivity index (χ3n) is 5.12. The molecule has 0 bridgehead atoms. The molecule has 2 N–H and O–H groups in total. The van der Waals surface area contributed by atoms with Crippen molar-refractivity contribution in [3.63, 3.8) is 0 Å². The molecule has 2 saturated carbocycles. The quantitative estimate of drug-likeness (QED) is 0.857. The molecule has 2 fully saturated rings. The summed E-state index contributed by atoms with van der Waals surface area (Å²) < 4.78 is 0. The maximum absolute atomic E-state index is 12.9. The molecule has 0 aliphatic heterocycles. The van der Waals surface area contributed by atoms with Crippen molar-refractivity contribution in [2.75, 3.05) is 13.1 Å². The van der Waals surface area contributed by atoms with Crippen LogP contribution < -0.4 is 5.73 Å². The van der Waals surface area contributed by atoms with Crippen molar-refractivity contribution in [1.29, 1.82) is 0 Å². The maximum Gasteiger partial charge on any atom is 0.225 e. The van der Waals surface area contributed by atoms with Gasteiger partial charge in [0.05, 0.1) is 0 Å². The molecule has 20 heavy (non-hydrogen) atoms. The number of hydrogen-bond donors (Lipinski definition) is 1. The van der Waals surface area contributed by atoms with Gasteiger partial charge in [-0.2, -0.15) is 0 Å². The van der Waals surface area contributed by atoms with Gasteiger partial charge in [-0.3, -0.25) is 4.79 Å². The van der Waals surface area contributed by atoms with Crippen LogP contribution in [0.25, 0.3) is 0 Å². The van der Waals surface area contributed by atoms with E-state index in [1.807, 2.05) is 0 Å². The second-order valence-corrected chi connectivity index (χ2v) is 6.65. The van der Waals surface area contributed by atoms with Crippen LogP contribution in [0.5, 0.6) is 0 Å². The summed E-state index contributed by atoms with van der Waals surface area (Å²) in [6.45, 7) is 1.37. The van der Waals surface area contributed by atoms with E-state index in [0.29, 0.717) is 18.5 Å². The first kappa shape index (κ1) is 15.8. The molecular formula is C17H32N2O. The summed E-state index contributed by atoms with van der Waals surface area (Å²) in [5, 5.41) is 0. The van der Waals surface area contributed by atoms with Gasteiger partial charge >= 0.3 is 0 Å². The van der Waals surface area contributed by atoms with Gasteiger partial charge in [-0.05, 0) is 25.7 Å². The highest BCUT2D eigenvalue weighted by atomic mass is 16.2. The fourth-order valence-electron chi connectivity index (χ4n) is 3.94. The zero-order valence-corrected chi connectivity index (χ0v) is 13.0. The maximum atomic E-state index is 12.9. The summed E-state index contributed by atoms with van der Waals surface area (Å²) in [5.74, 6) is 0.702. The largest absolute Gasteiger partial charge is 0.338 e. The lowest BCUT2D eigenvalue weighted by Crippen LogP contribution is -2.46. The fourth-order valence-corrected chi connectivity index (χ4v) is 3.94. The SMILES string of the molecule is NCCN(C(=O)C1CCCCCCC1)C1CCCCC1. The van der Waals surface area contributed by atoms with Crippen LogP contribution in [0.3, 0.4) is 0 Å². The second kappa shape index (κ2) is 8.66. The molecule has 2 aliphatic carbocycles. The van der Waals surface area contributed by atoms with Crippen LogP contribution in [0.1, 0.15) is 77.0 Å². The third-order valence-corrected chi connectivity index (χ3v) is 5.12. The Hall–Kier alpha value is -0.570. The average molecular weight is 280 g/mol. The predicted molar refractivity (Wildman–Crippen MR) is 83.4 cm³/mol. The number of carbonyl (C=O) groups is 1. The number of rotatable bonds is 4. The summed E-state index contributed by atoms with van der Waals surface area (Å²) in [6, 6.07) is 0.477. The molecule has 116 valence electrons. The summed E-state index contributed by atoms with van der Waals surface area (Å²) >= 11 is 0. The van der Waals surface area contributed by atoms with Gasteiger partial charge in [0.1, 0.15) is 0 Å². The molecule has 2 aliphatic rings. The van der Waals surface area contributed by atoms with Gasteiger partial charge in [0.25, 0.3) is 0 Å². The van der Waals surface area contributed by atoms with Crippen molar-refractivity contribution >= 4 is 5.91 Å². The Balaban J connectivity index is 1.96. The van der Waals surface area contributed by atoms with E-state index in [1.54, 1.807) is 0 Å². The standard InChI is InChI=1S/C17H32N2O/c18-13-14-19(16-11-7-4-8-12-16)17(20)15-9-5-2-1-3-6-10-15/h15-16H,1-14,18H2. The molecule has 3 heteroatoms. The van der Waals surface area contributed by atoms with Gasteiger partial charge in [-0.25, -0.2) is 0 Å². The van der Waals surface area contributed by atoms with Crippen molar-refractivity contribution in [1.82, 2.24) is 4.90 Å². The highest BCUT2D eigenvalue weighted by molar-refractivity contribution is 5.79. The number of nitrogens with zero attached hydrogens (tertiary/aromatic N) is 1. The minimum atomic E-state index is 0.281. The molecule has 0 atom stereocenters. The zero-order valence-electron chi connectivity index (χ0n) is 13.0. The molecule has 0 aromatic rings. The molecule has 0 radical (unpaired) electrons. The average Bonchev–Trinajstić information content (AvgIpc) is 2.45. The number of carbonyl (C=O) groups excluding carboxylic acids is 1. The Morgan fingerprint density at radius 1 is 0.850 bits per heavy atom. The Bertz CT molecular complexity index is 279. The van der Waals surface area contributed by atoms with Crippen LogP contribution in [0.2, 0.25) is 0 Å². The van der Waals surface area contributed by atoms with Crippen molar-refractivity contribution in [2.24, 2.45) is 11.7 Å². The lowest BCUT2D eigenvalue weighted by Gasteiger charge is -2.37. The molecule has 3 nitrogen and oxygen atoms in total. The van der Waals surface area contributed by atoms with Gasteiger partial charge in [-0.1, -0.05) is 51.4 Å². The summed E-state index contributed by atoms with van der Waals surface area (Å²) in [6.07, 6.45) is 14.9. The highest BCUT2D eigenvalue weighted by Crippen LogP contribution is 2.28. The molecule has 0 spiro atoms. The number of nitrogens with two attached hydrogens (primary N) is 1. The second-order valence-electron chi connectivity index (χ2n) is 6.65.